The third-order valence-electron chi connectivity index (χ3n) is 10.6. The minimum Gasteiger partial charge on any atom is -0.493 e. The van der Waals surface area contributed by atoms with Crippen LogP contribution in [0.15, 0.2) is 103 Å². The SMILES string of the molecule is COc1ccc(CCc2cnc3c(N)nc4cc(C)ccc4c3c2)cc1OC.Cc1ccc2c(c1)nc(N)c1ncc(CCc3ccc(C(C)NCCO)cc3)cc12. The second-order valence-corrected chi connectivity index (χ2v) is 14.8. The number of aliphatic hydroxyl groups is 1. The van der Waals surface area contributed by atoms with Gasteiger partial charge in [-0.1, -0.05) is 54.6 Å². The maximum Gasteiger partial charge on any atom is 0.160 e. The largest absolute Gasteiger partial charge is 0.493 e. The molecule has 10 heteroatoms. The number of pyridine rings is 4. The topological polar surface area (TPSA) is 154 Å². The van der Waals surface area contributed by atoms with Crippen LogP contribution >= 0.6 is 0 Å². The fourth-order valence-electron chi connectivity index (χ4n) is 7.38. The van der Waals surface area contributed by atoms with Gasteiger partial charge in [0.2, 0.25) is 0 Å². The summed E-state index contributed by atoms with van der Waals surface area (Å²) in [6.07, 6.45) is 7.41. The Labute approximate surface area is 339 Å². The second-order valence-electron chi connectivity index (χ2n) is 14.8. The first-order valence-electron chi connectivity index (χ1n) is 19.7. The van der Waals surface area contributed by atoms with Crippen LogP contribution in [0.5, 0.6) is 11.5 Å². The zero-order chi connectivity index (χ0) is 40.8. The molecule has 0 saturated carbocycles. The lowest BCUT2D eigenvalue weighted by atomic mass is 10.0. The molecule has 296 valence electrons. The molecule has 4 aromatic heterocycles. The maximum atomic E-state index is 8.96. The van der Waals surface area contributed by atoms with Crippen molar-refractivity contribution in [2.24, 2.45) is 0 Å². The molecule has 0 bridgehead atoms. The van der Waals surface area contributed by atoms with Gasteiger partial charge in [0, 0.05) is 46.5 Å². The second kappa shape index (κ2) is 17.8. The molecular weight excluding hydrogens is 723 g/mol. The van der Waals surface area contributed by atoms with Gasteiger partial charge in [0.15, 0.2) is 23.1 Å². The molecule has 0 radical (unpaired) electrons. The first kappa shape index (κ1) is 39.9. The summed E-state index contributed by atoms with van der Waals surface area (Å²) in [6.45, 7) is 6.98. The third kappa shape index (κ3) is 8.94. The maximum absolute atomic E-state index is 8.96. The number of anilines is 2. The predicted molar refractivity (Wildman–Crippen MR) is 237 cm³/mol. The number of nitrogens with two attached hydrogens (primary N) is 2. The molecule has 0 aliphatic rings. The molecule has 8 aromatic rings. The summed E-state index contributed by atoms with van der Waals surface area (Å²) in [5.41, 5.74) is 24.0. The minimum absolute atomic E-state index is 0.152. The highest BCUT2D eigenvalue weighted by atomic mass is 16.5. The molecular formula is C48H51N7O3. The molecule has 0 aliphatic heterocycles. The number of benzene rings is 4. The Balaban J connectivity index is 0.000000177. The monoisotopic (exact) mass is 773 g/mol. The zero-order valence-corrected chi connectivity index (χ0v) is 33.8. The number of rotatable bonds is 12. The van der Waals surface area contributed by atoms with Crippen molar-refractivity contribution in [3.8, 4) is 11.5 Å². The normalized spacial score (nSPS) is 11.8. The van der Waals surface area contributed by atoms with Crippen LogP contribution in [0.4, 0.5) is 11.6 Å². The van der Waals surface area contributed by atoms with Gasteiger partial charge in [-0.25, -0.2) is 9.97 Å². The summed E-state index contributed by atoms with van der Waals surface area (Å²) in [7, 11) is 3.30. The molecule has 0 amide bonds. The van der Waals surface area contributed by atoms with Gasteiger partial charge in [-0.15, -0.1) is 0 Å². The van der Waals surface area contributed by atoms with Crippen molar-refractivity contribution in [3.05, 3.63) is 142 Å². The van der Waals surface area contributed by atoms with Gasteiger partial charge in [0.05, 0.1) is 31.9 Å². The summed E-state index contributed by atoms with van der Waals surface area (Å²) < 4.78 is 10.7. The zero-order valence-electron chi connectivity index (χ0n) is 33.8. The van der Waals surface area contributed by atoms with E-state index in [1.54, 1.807) is 14.2 Å². The van der Waals surface area contributed by atoms with Gasteiger partial charge in [-0.3, -0.25) is 9.97 Å². The van der Waals surface area contributed by atoms with Crippen LogP contribution in [0, 0.1) is 13.8 Å². The highest BCUT2D eigenvalue weighted by molar-refractivity contribution is 6.09. The summed E-state index contributed by atoms with van der Waals surface area (Å²) in [5.74, 6) is 2.44. The predicted octanol–water partition coefficient (Wildman–Crippen LogP) is 8.58. The van der Waals surface area contributed by atoms with Crippen molar-refractivity contribution < 1.29 is 14.6 Å². The molecule has 6 N–H and O–H groups in total. The molecule has 4 heterocycles. The number of aryl methyl sites for hydroxylation is 6. The fourth-order valence-corrected chi connectivity index (χ4v) is 7.38. The lowest BCUT2D eigenvalue weighted by Crippen LogP contribution is -2.22. The molecule has 0 fully saturated rings. The number of nitrogens with one attached hydrogen (secondary N) is 1. The number of hydrogen-bond donors (Lipinski definition) is 4. The smallest absolute Gasteiger partial charge is 0.160 e. The lowest BCUT2D eigenvalue weighted by molar-refractivity contribution is 0.286. The first-order valence-corrected chi connectivity index (χ1v) is 19.7. The van der Waals surface area contributed by atoms with E-state index in [0.29, 0.717) is 18.2 Å². The van der Waals surface area contributed by atoms with E-state index < -0.39 is 0 Å². The Kier molecular flexibility index (Phi) is 12.3. The summed E-state index contributed by atoms with van der Waals surface area (Å²) in [4.78, 5) is 18.2. The van der Waals surface area contributed by atoms with Crippen LogP contribution in [0.25, 0.3) is 43.6 Å². The van der Waals surface area contributed by atoms with Gasteiger partial charge < -0.3 is 31.4 Å². The number of hydrogen-bond acceptors (Lipinski definition) is 10. The summed E-state index contributed by atoms with van der Waals surface area (Å²) >= 11 is 0. The molecule has 0 aliphatic carbocycles. The first-order chi connectivity index (χ1) is 28.1. The Bertz CT molecular complexity index is 2720. The molecule has 1 unspecified atom stereocenters. The standard InChI is InChI=1S/C25H28N4O.C23H23N3O2/c1-16-3-10-21-22-14-19(15-28-24(22)25(26)29-23(21)13-16)5-4-18-6-8-20(9-7-18)17(2)27-11-12-30;1-14-4-8-17-18-11-16(13-25-22(18)23(24)26-19(17)10-14)6-5-15-7-9-20(27-2)21(12-15)28-3/h3,6-10,13-15,17,27,30H,4-5,11-12H2,1-2H3,(H2,26,29);4,7-13H,5-6H2,1-3H3,(H2,24,26). The number of ether oxygens (including phenoxy) is 2. The Hall–Kier alpha value is -6.36. The van der Waals surface area contributed by atoms with Crippen molar-refractivity contribution in [1.82, 2.24) is 25.3 Å². The molecule has 58 heavy (non-hydrogen) atoms. The number of nitrogens with zero attached hydrogens (tertiary/aromatic N) is 4. The molecule has 0 spiro atoms. The van der Waals surface area contributed by atoms with E-state index in [9.17, 15) is 0 Å². The minimum atomic E-state index is 0.152. The third-order valence-corrected chi connectivity index (χ3v) is 10.6. The molecule has 8 rings (SSSR count). The number of fused-ring (bicyclic) bond motifs is 6. The number of methoxy groups -OCH3 is 2. The van der Waals surface area contributed by atoms with E-state index in [4.69, 9.17) is 26.0 Å². The fraction of sp³-hybridized carbons (Fsp3) is 0.250. The molecule has 10 nitrogen and oxygen atoms in total. The molecule has 4 aromatic carbocycles. The van der Waals surface area contributed by atoms with Gasteiger partial charge in [0.1, 0.15) is 11.0 Å². The average molecular weight is 774 g/mol. The van der Waals surface area contributed by atoms with E-state index in [-0.39, 0.29) is 12.6 Å². The van der Waals surface area contributed by atoms with Crippen LogP contribution in [0.3, 0.4) is 0 Å². The van der Waals surface area contributed by atoms with E-state index in [1.165, 1.54) is 27.8 Å². The van der Waals surface area contributed by atoms with Crippen LogP contribution in [-0.2, 0) is 25.7 Å². The van der Waals surface area contributed by atoms with Crippen molar-refractivity contribution in [3.63, 3.8) is 0 Å². The van der Waals surface area contributed by atoms with Crippen molar-refractivity contribution >= 4 is 55.2 Å². The Morgan fingerprint density at radius 1 is 0.586 bits per heavy atom. The van der Waals surface area contributed by atoms with Gasteiger partial charge in [-0.05, 0) is 122 Å². The van der Waals surface area contributed by atoms with Crippen LogP contribution in [0.2, 0.25) is 0 Å². The van der Waals surface area contributed by atoms with Gasteiger partial charge >= 0.3 is 0 Å². The average Bonchev–Trinajstić information content (AvgIpc) is 3.24. The van der Waals surface area contributed by atoms with Crippen molar-refractivity contribution in [2.45, 2.75) is 52.5 Å². The van der Waals surface area contributed by atoms with Crippen LogP contribution in [-0.4, -0.2) is 52.4 Å². The van der Waals surface area contributed by atoms with Crippen molar-refractivity contribution in [1.29, 1.82) is 0 Å². The Morgan fingerprint density at radius 2 is 1.09 bits per heavy atom. The van der Waals surface area contributed by atoms with E-state index in [2.05, 4.69) is 125 Å². The highest BCUT2D eigenvalue weighted by Crippen LogP contribution is 2.31. The highest BCUT2D eigenvalue weighted by Gasteiger charge is 2.12. The Morgan fingerprint density at radius 3 is 1.60 bits per heavy atom. The van der Waals surface area contributed by atoms with Gasteiger partial charge in [-0.2, -0.15) is 0 Å². The lowest BCUT2D eigenvalue weighted by Gasteiger charge is -2.14. The van der Waals surface area contributed by atoms with Crippen LogP contribution in [0.1, 0.15) is 51.9 Å². The summed E-state index contributed by atoms with van der Waals surface area (Å²) in [6, 6.07) is 31.8. The van der Waals surface area contributed by atoms with Crippen molar-refractivity contribution in [2.75, 3.05) is 38.8 Å². The number of aromatic nitrogens is 4. The summed E-state index contributed by atoms with van der Waals surface area (Å²) in [5, 5.41) is 16.5. The van der Waals surface area contributed by atoms with Gasteiger partial charge in [0.25, 0.3) is 0 Å². The van der Waals surface area contributed by atoms with E-state index in [1.807, 2.05) is 24.5 Å². The molecule has 1 atom stereocenters. The van der Waals surface area contributed by atoms with Crippen LogP contribution < -0.4 is 26.3 Å². The quantitative estimate of drug-likeness (QED) is 0.0888. The molecule has 0 saturated heterocycles. The van der Waals surface area contributed by atoms with E-state index in [0.717, 1.165) is 91.9 Å². The van der Waals surface area contributed by atoms with E-state index >= 15 is 0 Å². The number of aliphatic hydroxyl groups excluding tert-OH is 1. The number of nitrogen functional groups attached to an aromatic ring is 2.